The lowest BCUT2D eigenvalue weighted by molar-refractivity contribution is -0.138. The molecule has 10 nitrogen and oxygen atoms in total. The second kappa shape index (κ2) is 6.69. The van der Waals surface area contributed by atoms with Crippen LogP contribution in [0.4, 0.5) is 4.79 Å². The summed E-state index contributed by atoms with van der Waals surface area (Å²) >= 11 is 0. The zero-order chi connectivity index (χ0) is 18.1. The van der Waals surface area contributed by atoms with Crippen LogP contribution in [0.25, 0.3) is 0 Å². The molecule has 136 valence electrons. The van der Waals surface area contributed by atoms with E-state index in [0.717, 1.165) is 0 Å². The predicted molar refractivity (Wildman–Crippen MR) is 85.7 cm³/mol. The highest BCUT2D eigenvalue weighted by molar-refractivity contribution is 5.85. The molecule has 0 spiro atoms. The molecule has 3 amide bonds. The van der Waals surface area contributed by atoms with Crippen molar-refractivity contribution >= 4 is 17.9 Å². The Kier molecular flexibility index (Phi) is 4.60. The summed E-state index contributed by atoms with van der Waals surface area (Å²) in [6, 6.07) is -0.153. The zero-order valence-corrected chi connectivity index (χ0v) is 14.3. The molecule has 2 aliphatic rings. The monoisotopic (exact) mass is 350 g/mol. The van der Waals surface area contributed by atoms with Crippen LogP contribution in [-0.4, -0.2) is 92.5 Å². The Balaban J connectivity index is 1.69. The first-order valence-electron chi connectivity index (χ1n) is 8.21. The number of rotatable bonds is 5. The zero-order valence-electron chi connectivity index (χ0n) is 14.3. The number of aryl methyl sites for hydroxylation is 1. The molecular formula is C15H22N6O4. The van der Waals surface area contributed by atoms with Gasteiger partial charge in [0.15, 0.2) is 0 Å². The van der Waals surface area contributed by atoms with Gasteiger partial charge in [0.25, 0.3) is 0 Å². The number of likely N-dealkylation sites (tertiary alicyclic amines) is 1. The molecule has 1 aromatic rings. The maximum atomic E-state index is 12.6. The van der Waals surface area contributed by atoms with E-state index in [2.05, 4.69) is 10.3 Å². The van der Waals surface area contributed by atoms with Gasteiger partial charge in [-0.25, -0.2) is 4.79 Å². The maximum Gasteiger partial charge on any atom is 0.320 e. The summed E-state index contributed by atoms with van der Waals surface area (Å²) in [5.74, 6) is -1.43. The number of nitrogens with zero attached hydrogens (tertiary/aromatic N) is 6. The Labute approximate surface area is 145 Å². The van der Waals surface area contributed by atoms with Crippen LogP contribution in [0.1, 0.15) is 18.0 Å². The van der Waals surface area contributed by atoms with Crippen molar-refractivity contribution in [2.75, 3.05) is 39.8 Å². The predicted octanol–water partition coefficient (Wildman–Crippen LogP) is -0.801. The van der Waals surface area contributed by atoms with Gasteiger partial charge in [-0.3, -0.25) is 14.3 Å². The Morgan fingerprint density at radius 3 is 2.60 bits per heavy atom. The normalized spacial score (nSPS) is 23.6. The average molecular weight is 350 g/mol. The molecule has 2 saturated heterocycles. The lowest BCUT2D eigenvalue weighted by Crippen LogP contribution is -2.41. The van der Waals surface area contributed by atoms with E-state index in [4.69, 9.17) is 5.11 Å². The first-order valence-corrected chi connectivity index (χ1v) is 8.21. The van der Waals surface area contributed by atoms with Crippen molar-refractivity contribution in [2.45, 2.75) is 12.3 Å². The fourth-order valence-electron chi connectivity index (χ4n) is 3.49. The number of amides is 3. The number of hydrogen-bond donors (Lipinski definition) is 1. The molecule has 1 N–H and O–H groups in total. The van der Waals surface area contributed by atoms with E-state index in [1.165, 1.54) is 4.90 Å². The van der Waals surface area contributed by atoms with E-state index in [1.54, 1.807) is 34.8 Å². The van der Waals surface area contributed by atoms with E-state index < -0.39 is 5.97 Å². The topological polar surface area (TPSA) is 112 Å². The highest BCUT2D eigenvalue weighted by atomic mass is 16.4. The molecule has 0 aliphatic carbocycles. The third kappa shape index (κ3) is 3.57. The second-order valence-corrected chi connectivity index (χ2v) is 6.71. The largest absolute Gasteiger partial charge is 0.481 e. The van der Waals surface area contributed by atoms with Crippen LogP contribution < -0.4 is 0 Å². The number of likely N-dealkylation sites (N-methyl/N-ethyl adjacent to an activating group) is 1. The highest BCUT2D eigenvalue weighted by Gasteiger charge is 2.39. The van der Waals surface area contributed by atoms with Crippen LogP contribution in [0.15, 0.2) is 6.20 Å². The Bertz CT molecular complexity index is 689. The maximum absolute atomic E-state index is 12.6. The minimum atomic E-state index is -0.899. The second-order valence-electron chi connectivity index (χ2n) is 6.71. The average Bonchev–Trinajstić information content (AvgIpc) is 3.22. The van der Waals surface area contributed by atoms with Crippen molar-refractivity contribution in [1.82, 2.24) is 29.7 Å². The molecule has 10 heteroatoms. The molecule has 1 aromatic heterocycles. The van der Waals surface area contributed by atoms with Gasteiger partial charge in [-0.1, -0.05) is 5.21 Å². The molecule has 25 heavy (non-hydrogen) atoms. The standard InChI is InChI=1S/C15H22N6O4/c1-18-3-4-20(15(18)25)9-13(22)21-6-10(5-14(23)24)11(7-21)12-8-19(2)17-16-12/h8,10-11H,3-7,9H2,1-2H3,(H,23,24)/t10-,11+/m1/s1. The van der Waals surface area contributed by atoms with E-state index >= 15 is 0 Å². The summed E-state index contributed by atoms with van der Waals surface area (Å²) in [7, 11) is 3.45. The van der Waals surface area contributed by atoms with Gasteiger partial charge in [-0.2, -0.15) is 0 Å². The minimum absolute atomic E-state index is 0.0240. The third-order valence-electron chi connectivity index (χ3n) is 4.86. The number of carboxylic acid groups (broad SMARTS) is 1. The molecule has 2 fully saturated rings. The van der Waals surface area contributed by atoms with E-state index in [0.29, 0.717) is 31.9 Å². The van der Waals surface area contributed by atoms with Gasteiger partial charge >= 0.3 is 12.0 Å². The molecule has 3 rings (SSSR count). The van der Waals surface area contributed by atoms with Crippen molar-refractivity contribution in [1.29, 1.82) is 0 Å². The van der Waals surface area contributed by atoms with Crippen LogP contribution in [0.2, 0.25) is 0 Å². The van der Waals surface area contributed by atoms with Crippen molar-refractivity contribution in [3.8, 4) is 0 Å². The van der Waals surface area contributed by atoms with Crippen LogP contribution in [0.5, 0.6) is 0 Å². The number of urea groups is 1. The van der Waals surface area contributed by atoms with E-state index in [1.807, 2.05) is 0 Å². The first-order chi connectivity index (χ1) is 11.8. The molecule has 2 aliphatic heterocycles. The molecule has 2 atom stereocenters. The first kappa shape index (κ1) is 17.2. The van der Waals surface area contributed by atoms with Gasteiger partial charge in [0.05, 0.1) is 12.1 Å². The van der Waals surface area contributed by atoms with Gasteiger partial charge in [-0.05, 0) is 5.92 Å². The molecule has 0 radical (unpaired) electrons. The summed E-state index contributed by atoms with van der Waals surface area (Å²) in [6.07, 6.45) is 1.73. The lowest BCUT2D eigenvalue weighted by atomic mass is 9.91. The highest BCUT2D eigenvalue weighted by Crippen LogP contribution is 2.33. The molecule has 0 bridgehead atoms. The Hall–Kier alpha value is -2.65. The molecule has 0 saturated carbocycles. The number of hydrogen-bond acceptors (Lipinski definition) is 5. The number of aliphatic carboxylic acids is 1. The number of carboxylic acids is 1. The lowest BCUT2D eigenvalue weighted by Gasteiger charge is -2.21. The summed E-state index contributed by atoms with van der Waals surface area (Å²) in [6.45, 7) is 1.91. The number of carbonyl (C=O) groups is 3. The van der Waals surface area contributed by atoms with Crippen molar-refractivity contribution in [3.63, 3.8) is 0 Å². The van der Waals surface area contributed by atoms with E-state index in [9.17, 15) is 14.4 Å². The summed E-state index contributed by atoms with van der Waals surface area (Å²) < 4.78 is 1.57. The Morgan fingerprint density at radius 1 is 1.28 bits per heavy atom. The number of aromatic nitrogens is 3. The smallest absolute Gasteiger partial charge is 0.320 e. The third-order valence-corrected chi connectivity index (χ3v) is 4.86. The van der Waals surface area contributed by atoms with Gasteiger partial charge in [-0.15, -0.1) is 5.10 Å². The van der Waals surface area contributed by atoms with Crippen LogP contribution in [0, 0.1) is 5.92 Å². The van der Waals surface area contributed by atoms with Crippen molar-refractivity contribution in [3.05, 3.63) is 11.9 Å². The molecule has 0 aromatic carbocycles. The SMILES string of the molecule is CN1CCN(CC(=O)N2C[C@@H](CC(=O)O)[C@@H](c3cn(C)nn3)C2)C1=O. The molecule has 0 unspecified atom stereocenters. The quantitative estimate of drug-likeness (QED) is 0.744. The van der Waals surface area contributed by atoms with Crippen LogP contribution in [-0.2, 0) is 16.6 Å². The fourth-order valence-corrected chi connectivity index (χ4v) is 3.49. The van der Waals surface area contributed by atoms with Gasteiger partial charge in [0.2, 0.25) is 5.91 Å². The minimum Gasteiger partial charge on any atom is -0.481 e. The van der Waals surface area contributed by atoms with Crippen molar-refractivity contribution < 1.29 is 19.5 Å². The van der Waals surface area contributed by atoms with Gasteiger partial charge in [0.1, 0.15) is 6.54 Å². The van der Waals surface area contributed by atoms with Crippen LogP contribution in [0.3, 0.4) is 0 Å². The summed E-state index contributed by atoms with van der Waals surface area (Å²) in [4.78, 5) is 40.4. The molecular weight excluding hydrogens is 328 g/mol. The van der Waals surface area contributed by atoms with Gasteiger partial charge < -0.3 is 19.8 Å². The fraction of sp³-hybridized carbons (Fsp3) is 0.667. The van der Waals surface area contributed by atoms with Crippen molar-refractivity contribution in [2.24, 2.45) is 13.0 Å². The number of carbonyl (C=O) groups excluding carboxylic acids is 2. The van der Waals surface area contributed by atoms with Gasteiger partial charge in [0, 0.05) is 52.4 Å². The molecule has 3 heterocycles. The summed E-state index contributed by atoms with van der Waals surface area (Å²) in [5.41, 5.74) is 0.695. The Morgan fingerprint density at radius 2 is 2.04 bits per heavy atom. The van der Waals surface area contributed by atoms with Crippen LogP contribution >= 0.6 is 0 Å². The summed E-state index contributed by atoms with van der Waals surface area (Å²) in [5, 5.41) is 17.1. The van der Waals surface area contributed by atoms with E-state index in [-0.39, 0.29) is 36.7 Å².